The Morgan fingerprint density at radius 1 is 1.00 bits per heavy atom. The van der Waals surface area contributed by atoms with E-state index in [0.29, 0.717) is 17.5 Å². The topological polar surface area (TPSA) is 23.8 Å². The summed E-state index contributed by atoms with van der Waals surface area (Å²) in [7, 11) is 0. The third kappa shape index (κ3) is 3.89. The lowest BCUT2D eigenvalue weighted by Crippen LogP contribution is -2.30. The highest BCUT2D eigenvalue weighted by atomic mass is 19.1. The molecule has 29 heavy (non-hydrogen) atoms. The van der Waals surface area contributed by atoms with Crippen LogP contribution < -0.4 is 0 Å². The van der Waals surface area contributed by atoms with Gasteiger partial charge in [-0.25, -0.2) is 13.2 Å². The van der Waals surface area contributed by atoms with Gasteiger partial charge in [0.25, 0.3) is 0 Å². The van der Waals surface area contributed by atoms with Gasteiger partial charge in [0, 0.05) is 6.07 Å². The highest BCUT2D eigenvalue weighted by molar-refractivity contribution is 5.86. The molecule has 0 bridgehead atoms. The van der Waals surface area contributed by atoms with Crippen molar-refractivity contribution in [2.45, 2.75) is 70.6 Å². The van der Waals surface area contributed by atoms with Gasteiger partial charge < -0.3 is 0 Å². The summed E-state index contributed by atoms with van der Waals surface area (Å²) in [5.41, 5.74) is 0.567. The molecular weight excluding hydrogens is 371 g/mol. The molecule has 0 radical (unpaired) electrons. The van der Waals surface area contributed by atoms with Gasteiger partial charge in [-0.1, -0.05) is 32.6 Å². The molecule has 2 aliphatic carbocycles. The van der Waals surface area contributed by atoms with Crippen molar-refractivity contribution >= 4 is 10.8 Å². The van der Waals surface area contributed by atoms with Crippen LogP contribution in [0.2, 0.25) is 0 Å². The second kappa shape index (κ2) is 8.38. The number of unbranched alkanes of at least 4 members (excludes halogenated alkanes) is 1. The molecule has 154 valence electrons. The SMILES string of the molecule is CCCCC1CCC2CC(c3cc4cc(F)cc(F)c4c(F)c3C#N)CCC2C1. The van der Waals surface area contributed by atoms with E-state index in [0.717, 1.165) is 37.2 Å². The number of rotatable bonds is 4. The summed E-state index contributed by atoms with van der Waals surface area (Å²) in [6, 6.07) is 5.45. The molecule has 0 heterocycles. The molecule has 4 heteroatoms. The highest BCUT2D eigenvalue weighted by Crippen LogP contribution is 2.49. The maximum absolute atomic E-state index is 15.0. The van der Waals surface area contributed by atoms with Crippen LogP contribution in [0.5, 0.6) is 0 Å². The summed E-state index contributed by atoms with van der Waals surface area (Å²) in [6.45, 7) is 2.24. The van der Waals surface area contributed by atoms with Gasteiger partial charge in [-0.05, 0) is 78.9 Å². The molecule has 2 saturated carbocycles. The number of hydrogen-bond donors (Lipinski definition) is 0. The molecule has 2 aromatic rings. The van der Waals surface area contributed by atoms with Crippen molar-refractivity contribution in [2.75, 3.05) is 0 Å². The van der Waals surface area contributed by atoms with Crippen molar-refractivity contribution in [3.05, 3.63) is 46.8 Å². The number of nitriles is 1. The van der Waals surface area contributed by atoms with Crippen LogP contribution in [0.15, 0.2) is 18.2 Å². The summed E-state index contributed by atoms with van der Waals surface area (Å²) >= 11 is 0. The third-order valence-electron chi connectivity index (χ3n) is 7.36. The van der Waals surface area contributed by atoms with Gasteiger partial charge in [-0.2, -0.15) is 5.26 Å². The predicted octanol–water partition coefficient (Wildman–Crippen LogP) is 7.62. The van der Waals surface area contributed by atoms with E-state index in [1.54, 1.807) is 6.07 Å². The van der Waals surface area contributed by atoms with Crippen molar-refractivity contribution < 1.29 is 13.2 Å². The fourth-order valence-corrected chi connectivity index (χ4v) is 5.89. The van der Waals surface area contributed by atoms with E-state index in [1.165, 1.54) is 38.5 Å². The van der Waals surface area contributed by atoms with Gasteiger partial charge in [-0.15, -0.1) is 0 Å². The normalized spacial score (nSPS) is 26.9. The Morgan fingerprint density at radius 2 is 1.76 bits per heavy atom. The van der Waals surface area contributed by atoms with Crippen LogP contribution in [0.3, 0.4) is 0 Å². The highest BCUT2D eigenvalue weighted by Gasteiger charge is 2.37. The minimum atomic E-state index is -0.949. The fourth-order valence-electron chi connectivity index (χ4n) is 5.89. The van der Waals surface area contributed by atoms with Crippen LogP contribution in [0, 0.1) is 46.5 Å². The third-order valence-corrected chi connectivity index (χ3v) is 7.36. The van der Waals surface area contributed by atoms with E-state index in [9.17, 15) is 18.4 Å². The fraction of sp³-hybridized carbons (Fsp3) is 0.560. The summed E-state index contributed by atoms with van der Waals surface area (Å²) in [5, 5.41) is 9.52. The summed E-state index contributed by atoms with van der Waals surface area (Å²) in [5.74, 6) is -0.250. The Bertz CT molecular complexity index is 945. The van der Waals surface area contributed by atoms with Crippen LogP contribution in [0.25, 0.3) is 10.8 Å². The van der Waals surface area contributed by atoms with E-state index < -0.39 is 17.5 Å². The number of nitrogens with zero attached hydrogens (tertiary/aromatic N) is 1. The number of halogens is 3. The molecule has 2 fully saturated rings. The smallest absolute Gasteiger partial charge is 0.152 e. The molecule has 4 rings (SSSR count). The summed E-state index contributed by atoms with van der Waals surface area (Å²) < 4.78 is 42.9. The van der Waals surface area contributed by atoms with Crippen LogP contribution in [0.1, 0.15) is 81.8 Å². The van der Waals surface area contributed by atoms with Crippen molar-refractivity contribution in [2.24, 2.45) is 17.8 Å². The van der Waals surface area contributed by atoms with Crippen LogP contribution >= 0.6 is 0 Å². The van der Waals surface area contributed by atoms with E-state index >= 15 is 0 Å². The lowest BCUT2D eigenvalue weighted by molar-refractivity contribution is 0.113. The first-order valence-electron chi connectivity index (χ1n) is 11.0. The molecule has 0 amide bonds. The molecular formula is C25H28F3N. The number of benzene rings is 2. The first-order valence-corrected chi connectivity index (χ1v) is 11.0. The Morgan fingerprint density at radius 3 is 2.52 bits per heavy atom. The second-order valence-electron chi connectivity index (χ2n) is 9.10. The van der Waals surface area contributed by atoms with E-state index in [4.69, 9.17) is 0 Å². The molecule has 4 atom stereocenters. The lowest BCUT2D eigenvalue weighted by atomic mass is 9.63. The quantitative estimate of drug-likeness (QED) is 0.519. The minimum absolute atomic E-state index is 0.0666. The van der Waals surface area contributed by atoms with Crippen molar-refractivity contribution in [3.63, 3.8) is 0 Å². The van der Waals surface area contributed by atoms with Crippen molar-refractivity contribution in [3.8, 4) is 6.07 Å². The Labute approximate surface area is 170 Å². The maximum atomic E-state index is 15.0. The number of fused-ring (bicyclic) bond motifs is 2. The lowest BCUT2D eigenvalue weighted by Gasteiger charge is -2.42. The molecule has 4 unspecified atom stereocenters. The average molecular weight is 400 g/mol. The minimum Gasteiger partial charge on any atom is -0.207 e. The van der Waals surface area contributed by atoms with Gasteiger partial charge in [-0.3, -0.25) is 0 Å². The Hall–Kier alpha value is -2.02. The number of hydrogen-bond acceptors (Lipinski definition) is 1. The summed E-state index contributed by atoms with van der Waals surface area (Å²) in [6.07, 6.45) is 10.6. The molecule has 0 spiro atoms. The van der Waals surface area contributed by atoms with E-state index in [1.807, 2.05) is 6.07 Å². The molecule has 0 saturated heterocycles. The van der Waals surface area contributed by atoms with Crippen LogP contribution in [-0.4, -0.2) is 0 Å². The monoisotopic (exact) mass is 399 g/mol. The average Bonchev–Trinajstić information content (AvgIpc) is 2.71. The van der Waals surface area contributed by atoms with E-state index in [2.05, 4.69) is 6.92 Å². The van der Waals surface area contributed by atoms with Crippen molar-refractivity contribution in [1.82, 2.24) is 0 Å². The van der Waals surface area contributed by atoms with Crippen molar-refractivity contribution in [1.29, 1.82) is 5.26 Å². The zero-order chi connectivity index (χ0) is 20.5. The zero-order valence-corrected chi connectivity index (χ0v) is 17.0. The second-order valence-corrected chi connectivity index (χ2v) is 9.10. The maximum Gasteiger partial charge on any atom is 0.152 e. The largest absolute Gasteiger partial charge is 0.207 e. The molecule has 0 N–H and O–H groups in total. The predicted molar refractivity (Wildman–Crippen MR) is 109 cm³/mol. The van der Waals surface area contributed by atoms with Gasteiger partial charge in [0.05, 0.1) is 10.9 Å². The molecule has 0 aromatic heterocycles. The zero-order valence-electron chi connectivity index (χ0n) is 17.0. The van der Waals surface area contributed by atoms with Gasteiger partial charge in [0.15, 0.2) is 5.82 Å². The Kier molecular flexibility index (Phi) is 5.86. The first-order chi connectivity index (χ1) is 14.0. The molecule has 2 aliphatic rings. The molecule has 0 aliphatic heterocycles. The molecule has 2 aromatic carbocycles. The van der Waals surface area contributed by atoms with Gasteiger partial charge >= 0.3 is 0 Å². The molecule has 1 nitrogen and oxygen atoms in total. The standard InChI is InChI=1S/C25H28F3N/c1-2-3-4-15-5-6-17-10-18(8-7-16(17)9-15)21-12-19-11-20(26)13-23(27)24(19)25(28)22(21)14-29/h11-13,15-18H,2-10H2,1H3. The van der Waals surface area contributed by atoms with Gasteiger partial charge in [0.2, 0.25) is 0 Å². The van der Waals surface area contributed by atoms with Gasteiger partial charge in [0.1, 0.15) is 17.7 Å². The van der Waals surface area contributed by atoms with Crippen LogP contribution in [0.4, 0.5) is 13.2 Å². The van der Waals surface area contributed by atoms with E-state index in [-0.39, 0.29) is 22.3 Å². The van der Waals surface area contributed by atoms with Crippen LogP contribution in [-0.2, 0) is 0 Å². The first kappa shape index (κ1) is 20.3. The Balaban J connectivity index is 1.61. The summed E-state index contributed by atoms with van der Waals surface area (Å²) in [4.78, 5) is 0.